The zero-order chi connectivity index (χ0) is 22.1. The Morgan fingerprint density at radius 2 is 1.68 bits per heavy atom. The molecule has 0 atom stereocenters. The van der Waals surface area contributed by atoms with E-state index in [9.17, 15) is 9.59 Å². The van der Waals surface area contributed by atoms with Crippen LogP contribution < -0.4 is 5.32 Å². The Kier molecular flexibility index (Phi) is 7.81. The number of para-hydroxylation sites is 1. The Bertz CT molecular complexity index is 985. The van der Waals surface area contributed by atoms with Gasteiger partial charge in [0.05, 0.1) is 24.1 Å². The minimum absolute atomic E-state index is 0.0386. The Morgan fingerprint density at radius 3 is 2.35 bits per heavy atom. The van der Waals surface area contributed by atoms with E-state index in [0.29, 0.717) is 17.9 Å². The molecular formula is C24H27N3O4. The second-order valence-corrected chi connectivity index (χ2v) is 7.47. The zero-order valence-corrected chi connectivity index (χ0v) is 17.8. The number of benzene rings is 2. The summed E-state index contributed by atoms with van der Waals surface area (Å²) in [6.45, 7) is 4.55. The standard InChI is InChI=1S/C24H27N3O4/c1-18(2)15-22-21(16-26-27(22)20-11-7-4-8-12-20)23(28)30-14-13-25-24(29)31-17-19-9-5-3-6-10-19/h3-12,16,18H,13-15,17H2,1-2H3,(H,25,29). The number of nitrogens with one attached hydrogen (secondary N) is 1. The molecule has 0 spiro atoms. The van der Waals surface area contributed by atoms with Gasteiger partial charge in [-0.05, 0) is 30.0 Å². The van der Waals surface area contributed by atoms with Crippen molar-refractivity contribution in [3.63, 3.8) is 0 Å². The molecule has 3 aromatic rings. The van der Waals surface area contributed by atoms with Crippen molar-refractivity contribution in [1.82, 2.24) is 15.1 Å². The molecule has 0 aliphatic carbocycles. The van der Waals surface area contributed by atoms with Gasteiger partial charge < -0.3 is 14.8 Å². The van der Waals surface area contributed by atoms with Crippen LogP contribution in [-0.2, 0) is 22.5 Å². The molecule has 0 unspecified atom stereocenters. The molecular weight excluding hydrogens is 394 g/mol. The first-order valence-electron chi connectivity index (χ1n) is 10.3. The fourth-order valence-corrected chi connectivity index (χ4v) is 3.07. The number of hydrogen-bond donors (Lipinski definition) is 1. The molecule has 2 aromatic carbocycles. The predicted molar refractivity (Wildman–Crippen MR) is 117 cm³/mol. The van der Waals surface area contributed by atoms with Gasteiger partial charge >= 0.3 is 12.1 Å². The number of alkyl carbamates (subject to hydrolysis) is 1. The smallest absolute Gasteiger partial charge is 0.407 e. The first-order valence-corrected chi connectivity index (χ1v) is 10.3. The summed E-state index contributed by atoms with van der Waals surface area (Å²) in [4.78, 5) is 24.4. The van der Waals surface area contributed by atoms with Crippen molar-refractivity contribution in [2.75, 3.05) is 13.2 Å². The van der Waals surface area contributed by atoms with Crippen molar-refractivity contribution in [2.24, 2.45) is 5.92 Å². The number of carbonyl (C=O) groups is 2. The lowest BCUT2D eigenvalue weighted by Gasteiger charge is -2.12. The second-order valence-electron chi connectivity index (χ2n) is 7.47. The van der Waals surface area contributed by atoms with Crippen LogP contribution in [0.25, 0.3) is 5.69 Å². The maximum absolute atomic E-state index is 12.6. The average molecular weight is 421 g/mol. The summed E-state index contributed by atoms with van der Waals surface area (Å²) in [5, 5.41) is 6.97. The summed E-state index contributed by atoms with van der Waals surface area (Å²) >= 11 is 0. The molecule has 0 bridgehead atoms. The molecule has 1 aromatic heterocycles. The minimum Gasteiger partial charge on any atom is -0.460 e. The molecule has 0 saturated carbocycles. The second kappa shape index (κ2) is 11.0. The Hall–Kier alpha value is -3.61. The number of esters is 1. The van der Waals surface area contributed by atoms with Crippen LogP contribution in [0.2, 0.25) is 0 Å². The lowest BCUT2D eigenvalue weighted by atomic mass is 10.0. The molecule has 162 valence electrons. The summed E-state index contributed by atoms with van der Waals surface area (Å²) in [5.74, 6) is -0.121. The molecule has 0 aliphatic heterocycles. The van der Waals surface area contributed by atoms with Gasteiger partial charge in [0, 0.05) is 0 Å². The molecule has 0 saturated heterocycles. The molecule has 7 heteroatoms. The summed E-state index contributed by atoms with van der Waals surface area (Å²) in [6.07, 6.45) is 1.66. The van der Waals surface area contributed by atoms with Gasteiger partial charge in [-0.1, -0.05) is 62.4 Å². The molecule has 1 N–H and O–H groups in total. The fraction of sp³-hybridized carbons (Fsp3) is 0.292. The van der Waals surface area contributed by atoms with Crippen molar-refractivity contribution in [3.05, 3.63) is 83.7 Å². The van der Waals surface area contributed by atoms with Gasteiger partial charge in [0.1, 0.15) is 18.8 Å². The topological polar surface area (TPSA) is 82.4 Å². The quantitative estimate of drug-likeness (QED) is 0.414. The van der Waals surface area contributed by atoms with Gasteiger partial charge in [-0.2, -0.15) is 5.10 Å². The Balaban J connectivity index is 1.52. The number of amides is 1. The van der Waals surface area contributed by atoms with Crippen molar-refractivity contribution in [3.8, 4) is 5.69 Å². The molecule has 31 heavy (non-hydrogen) atoms. The maximum atomic E-state index is 12.6. The molecule has 0 aliphatic rings. The Morgan fingerprint density at radius 1 is 1.00 bits per heavy atom. The third-order valence-corrected chi connectivity index (χ3v) is 4.51. The lowest BCUT2D eigenvalue weighted by molar-refractivity contribution is 0.0502. The van der Waals surface area contributed by atoms with Crippen LogP contribution in [0.5, 0.6) is 0 Å². The predicted octanol–water partition coefficient (Wildman–Crippen LogP) is 4.15. The highest BCUT2D eigenvalue weighted by Gasteiger charge is 2.20. The summed E-state index contributed by atoms with van der Waals surface area (Å²) in [5.41, 5.74) is 3.03. The van der Waals surface area contributed by atoms with E-state index < -0.39 is 12.1 Å². The number of carbonyl (C=O) groups excluding carboxylic acids is 2. The van der Waals surface area contributed by atoms with Gasteiger partial charge in [-0.15, -0.1) is 0 Å². The van der Waals surface area contributed by atoms with Crippen LogP contribution in [0.3, 0.4) is 0 Å². The van der Waals surface area contributed by atoms with Crippen LogP contribution in [-0.4, -0.2) is 35.0 Å². The maximum Gasteiger partial charge on any atom is 0.407 e. The number of nitrogens with zero attached hydrogens (tertiary/aromatic N) is 2. The highest BCUT2D eigenvalue weighted by Crippen LogP contribution is 2.19. The van der Waals surface area contributed by atoms with Crippen molar-refractivity contribution >= 4 is 12.1 Å². The number of aromatic nitrogens is 2. The Labute approximate surface area is 182 Å². The normalized spacial score (nSPS) is 10.7. The SMILES string of the molecule is CC(C)Cc1c(C(=O)OCCNC(=O)OCc2ccccc2)cnn1-c1ccccc1. The van der Waals surface area contributed by atoms with Gasteiger partial charge in [0.25, 0.3) is 0 Å². The van der Waals surface area contributed by atoms with Crippen LogP contribution >= 0.6 is 0 Å². The summed E-state index contributed by atoms with van der Waals surface area (Å²) < 4.78 is 12.3. The largest absolute Gasteiger partial charge is 0.460 e. The van der Waals surface area contributed by atoms with Gasteiger partial charge in [0.2, 0.25) is 0 Å². The highest BCUT2D eigenvalue weighted by atomic mass is 16.6. The van der Waals surface area contributed by atoms with E-state index in [1.807, 2.05) is 60.7 Å². The van der Waals surface area contributed by atoms with E-state index in [-0.39, 0.29) is 19.8 Å². The van der Waals surface area contributed by atoms with E-state index >= 15 is 0 Å². The first-order chi connectivity index (χ1) is 15.0. The van der Waals surface area contributed by atoms with Crippen molar-refractivity contribution in [1.29, 1.82) is 0 Å². The molecule has 1 heterocycles. The van der Waals surface area contributed by atoms with E-state index in [1.165, 1.54) is 6.20 Å². The van der Waals surface area contributed by atoms with Gasteiger partial charge in [0.15, 0.2) is 0 Å². The van der Waals surface area contributed by atoms with E-state index in [2.05, 4.69) is 24.3 Å². The molecule has 3 rings (SSSR count). The van der Waals surface area contributed by atoms with Crippen molar-refractivity contribution < 1.29 is 19.1 Å². The zero-order valence-electron chi connectivity index (χ0n) is 17.8. The molecule has 0 radical (unpaired) electrons. The first kappa shape index (κ1) is 22.1. The monoisotopic (exact) mass is 421 g/mol. The molecule has 1 amide bonds. The molecule has 7 nitrogen and oxygen atoms in total. The van der Waals surface area contributed by atoms with E-state index in [0.717, 1.165) is 16.9 Å². The van der Waals surface area contributed by atoms with Gasteiger partial charge in [-0.3, -0.25) is 0 Å². The van der Waals surface area contributed by atoms with Crippen LogP contribution in [0.4, 0.5) is 4.79 Å². The fourth-order valence-electron chi connectivity index (χ4n) is 3.07. The third-order valence-electron chi connectivity index (χ3n) is 4.51. The van der Waals surface area contributed by atoms with Crippen LogP contribution in [0.15, 0.2) is 66.9 Å². The lowest BCUT2D eigenvalue weighted by Crippen LogP contribution is -2.28. The van der Waals surface area contributed by atoms with E-state index in [4.69, 9.17) is 9.47 Å². The number of rotatable bonds is 9. The molecule has 0 fully saturated rings. The van der Waals surface area contributed by atoms with Gasteiger partial charge in [-0.25, -0.2) is 14.3 Å². The number of hydrogen-bond acceptors (Lipinski definition) is 5. The number of ether oxygens (including phenoxy) is 2. The highest BCUT2D eigenvalue weighted by molar-refractivity contribution is 5.90. The third kappa shape index (κ3) is 6.44. The minimum atomic E-state index is -0.558. The average Bonchev–Trinajstić information content (AvgIpc) is 3.19. The van der Waals surface area contributed by atoms with E-state index in [1.54, 1.807) is 4.68 Å². The van der Waals surface area contributed by atoms with Crippen LogP contribution in [0.1, 0.15) is 35.5 Å². The summed E-state index contributed by atoms with van der Waals surface area (Å²) in [7, 11) is 0. The summed E-state index contributed by atoms with van der Waals surface area (Å²) in [6, 6.07) is 19.1. The van der Waals surface area contributed by atoms with Crippen LogP contribution in [0, 0.1) is 5.92 Å². The van der Waals surface area contributed by atoms with Crippen molar-refractivity contribution in [2.45, 2.75) is 26.9 Å².